The van der Waals surface area contributed by atoms with Crippen LogP contribution >= 0.6 is 0 Å². The summed E-state index contributed by atoms with van der Waals surface area (Å²) in [6.45, 7) is 7.22. The van der Waals surface area contributed by atoms with Crippen LogP contribution in [0.5, 0.6) is 0 Å². The largest absolute Gasteiger partial charge is 0.341 e. The molecule has 2 atom stereocenters. The molecule has 0 spiro atoms. The molecule has 2 aromatic carbocycles. The maximum absolute atomic E-state index is 13.8. The Kier molecular flexibility index (Phi) is 5.56. The number of rotatable bonds is 4. The van der Waals surface area contributed by atoms with Crippen molar-refractivity contribution in [3.05, 3.63) is 70.8 Å². The predicted molar refractivity (Wildman–Crippen MR) is 118 cm³/mol. The molecule has 0 saturated carbocycles. The van der Waals surface area contributed by atoms with E-state index in [1.807, 2.05) is 62.4 Å². The minimum atomic E-state index is -1.34. The van der Waals surface area contributed by atoms with Gasteiger partial charge in [-0.1, -0.05) is 55.5 Å². The number of nitrogens with zero attached hydrogens (tertiary/aromatic N) is 2. The minimum Gasteiger partial charge on any atom is -0.341 e. The Labute approximate surface area is 183 Å². The van der Waals surface area contributed by atoms with E-state index >= 15 is 0 Å². The molecular weight excluding hydrogens is 390 g/mol. The van der Waals surface area contributed by atoms with Gasteiger partial charge in [-0.3, -0.25) is 14.5 Å². The van der Waals surface area contributed by atoms with Gasteiger partial charge in [-0.2, -0.15) is 0 Å². The fraction of sp³-hybridized carbons (Fsp3) is 0.400. The maximum atomic E-state index is 13.8. The summed E-state index contributed by atoms with van der Waals surface area (Å²) < 4.78 is 0. The molecule has 0 unspecified atom stereocenters. The highest BCUT2D eigenvalue weighted by atomic mass is 16.2. The number of likely N-dealkylation sites (tertiary alicyclic amines) is 1. The van der Waals surface area contributed by atoms with Crippen LogP contribution in [0.4, 0.5) is 4.79 Å². The topological polar surface area (TPSA) is 69.7 Å². The molecule has 1 N–H and O–H groups in total. The molecule has 31 heavy (non-hydrogen) atoms. The first kappa shape index (κ1) is 21.1. The fourth-order valence-corrected chi connectivity index (χ4v) is 4.59. The second-order valence-electron chi connectivity index (χ2n) is 8.82. The van der Waals surface area contributed by atoms with E-state index in [1.54, 1.807) is 4.90 Å². The molecule has 162 valence electrons. The summed E-state index contributed by atoms with van der Waals surface area (Å²) in [5.41, 5.74) is 2.17. The van der Waals surface area contributed by atoms with Crippen LogP contribution in [0.2, 0.25) is 0 Å². The minimum absolute atomic E-state index is 0.181. The van der Waals surface area contributed by atoms with Gasteiger partial charge in [-0.05, 0) is 54.9 Å². The van der Waals surface area contributed by atoms with E-state index in [1.165, 1.54) is 0 Å². The van der Waals surface area contributed by atoms with E-state index in [9.17, 15) is 14.4 Å². The number of nitrogens with one attached hydrogen (secondary N) is 1. The third kappa shape index (κ3) is 3.71. The lowest BCUT2D eigenvalue weighted by Gasteiger charge is -2.32. The summed E-state index contributed by atoms with van der Waals surface area (Å²) in [4.78, 5) is 42.6. The summed E-state index contributed by atoms with van der Waals surface area (Å²) in [5.74, 6) is -0.163. The SMILES string of the molecule is Cc1ccc([C@@]2(c3ccccc3)NC(=O)N(CC(=O)N3CCC[C@@H](C)C3)C2=O)cc1C. The third-order valence-corrected chi connectivity index (χ3v) is 6.56. The molecule has 0 aromatic heterocycles. The second kappa shape index (κ2) is 8.17. The number of piperidine rings is 1. The molecule has 2 aromatic rings. The fourth-order valence-electron chi connectivity index (χ4n) is 4.59. The number of hydrogen-bond acceptors (Lipinski definition) is 3. The standard InChI is InChI=1S/C25H29N3O3/c1-17-8-7-13-27(15-17)22(29)16-28-23(30)25(26-24(28)31,20-9-5-4-6-10-20)21-12-11-18(2)19(3)14-21/h4-6,9-12,14,17H,7-8,13,15-16H2,1-3H3,(H,26,31)/t17-,25-/m1/s1. The van der Waals surface area contributed by atoms with Crippen LogP contribution in [-0.4, -0.2) is 47.3 Å². The number of benzene rings is 2. The van der Waals surface area contributed by atoms with Gasteiger partial charge < -0.3 is 10.2 Å². The molecule has 4 amide bonds. The van der Waals surface area contributed by atoms with Crippen molar-refractivity contribution < 1.29 is 14.4 Å². The summed E-state index contributed by atoms with van der Waals surface area (Å²) in [5, 5.41) is 2.93. The van der Waals surface area contributed by atoms with Crippen LogP contribution in [0.3, 0.4) is 0 Å². The van der Waals surface area contributed by atoms with Crippen molar-refractivity contribution in [2.24, 2.45) is 5.92 Å². The monoisotopic (exact) mass is 419 g/mol. The lowest BCUT2D eigenvalue weighted by atomic mass is 9.81. The van der Waals surface area contributed by atoms with Gasteiger partial charge in [0.25, 0.3) is 5.91 Å². The molecule has 4 rings (SSSR count). The molecule has 0 bridgehead atoms. The molecule has 2 fully saturated rings. The number of imide groups is 1. The smallest absolute Gasteiger partial charge is 0.326 e. The molecule has 2 heterocycles. The molecule has 6 heteroatoms. The predicted octanol–water partition coefficient (Wildman–Crippen LogP) is 3.36. The number of hydrogen-bond donors (Lipinski definition) is 1. The molecule has 0 aliphatic carbocycles. The Bertz CT molecular complexity index is 1020. The lowest BCUT2D eigenvalue weighted by Crippen LogP contribution is -2.48. The zero-order valence-electron chi connectivity index (χ0n) is 18.4. The Balaban J connectivity index is 1.70. The summed E-state index contributed by atoms with van der Waals surface area (Å²) >= 11 is 0. The van der Waals surface area contributed by atoms with Gasteiger partial charge in [-0.25, -0.2) is 4.79 Å². The second-order valence-corrected chi connectivity index (χ2v) is 8.82. The third-order valence-electron chi connectivity index (χ3n) is 6.56. The van der Waals surface area contributed by atoms with Gasteiger partial charge in [0, 0.05) is 13.1 Å². The van der Waals surface area contributed by atoms with Crippen LogP contribution < -0.4 is 5.32 Å². The van der Waals surface area contributed by atoms with Crippen molar-refractivity contribution in [1.29, 1.82) is 0 Å². The van der Waals surface area contributed by atoms with Crippen LogP contribution in [0.15, 0.2) is 48.5 Å². The number of urea groups is 1. The summed E-state index contributed by atoms with van der Waals surface area (Å²) in [6, 6.07) is 14.5. The molecule has 2 aliphatic rings. The van der Waals surface area contributed by atoms with Crippen LogP contribution in [0.1, 0.15) is 42.0 Å². The normalized spacial score (nSPS) is 23.8. The molecule has 0 radical (unpaired) electrons. The van der Waals surface area contributed by atoms with Crippen molar-refractivity contribution in [3.63, 3.8) is 0 Å². The van der Waals surface area contributed by atoms with Crippen LogP contribution in [-0.2, 0) is 15.1 Å². The van der Waals surface area contributed by atoms with Gasteiger partial charge in [0.05, 0.1) is 0 Å². The average molecular weight is 420 g/mol. The Morgan fingerprint density at radius 1 is 1.06 bits per heavy atom. The van der Waals surface area contributed by atoms with E-state index in [2.05, 4.69) is 12.2 Å². The van der Waals surface area contributed by atoms with E-state index in [0.29, 0.717) is 30.1 Å². The zero-order valence-corrected chi connectivity index (χ0v) is 18.4. The van der Waals surface area contributed by atoms with Gasteiger partial charge in [-0.15, -0.1) is 0 Å². The highest BCUT2D eigenvalue weighted by molar-refractivity contribution is 6.11. The quantitative estimate of drug-likeness (QED) is 0.773. The first-order valence-electron chi connectivity index (χ1n) is 10.9. The van der Waals surface area contributed by atoms with Crippen LogP contribution in [0, 0.1) is 19.8 Å². The molecule has 2 saturated heterocycles. The van der Waals surface area contributed by atoms with Crippen LogP contribution in [0.25, 0.3) is 0 Å². The van der Waals surface area contributed by atoms with Crippen molar-refractivity contribution in [1.82, 2.24) is 15.1 Å². The van der Waals surface area contributed by atoms with Gasteiger partial charge in [0.2, 0.25) is 5.91 Å². The van der Waals surface area contributed by atoms with Gasteiger partial charge in [0.1, 0.15) is 6.54 Å². The van der Waals surface area contributed by atoms with Crippen molar-refractivity contribution >= 4 is 17.8 Å². The van der Waals surface area contributed by atoms with E-state index in [4.69, 9.17) is 0 Å². The highest BCUT2D eigenvalue weighted by Crippen LogP contribution is 2.37. The van der Waals surface area contributed by atoms with Crippen molar-refractivity contribution in [3.8, 4) is 0 Å². The zero-order chi connectivity index (χ0) is 22.2. The number of amides is 4. The Hall–Kier alpha value is -3.15. The van der Waals surface area contributed by atoms with Gasteiger partial charge in [0.15, 0.2) is 5.54 Å². The van der Waals surface area contributed by atoms with E-state index in [-0.39, 0.29) is 12.5 Å². The van der Waals surface area contributed by atoms with Crippen molar-refractivity contribution in [2.75, 3.05) is 19.6 Å². The number of carbonyl (C=O) groups excluding carboxylic acids is 3. The summed E-state index contributed by atoms with van der Waals surface area (Å²) in [6.07, 6.45) is 2.04. The molecular formula is C25H29N3O3. The Morgan fingerprint density at radius 3 is 2.48 bits per heavy atom. The number of carbonyl (C=O) groups is 3. The Morgan fingerprint density at radius 2 is 1.81 bits per heavy atom. The van der Waals surface area contributed by atoms with E-state index in [0.717, 1.165) is 28.9 Å². The highest BCUT2D eigenvalue weighted by Gasteiger charge is 2.54. The maximum Gasteiger partial charge on any atom is 0.326 e. The summed E-state index contributed by atoms with van der Waals surface area (Å²) in [7, 11) is 0. The molecule has 6 nitrogen and oxygen atoms in total. The lowest BCUT2D eigenvalue weighted by molar-refractivity contribution is -0.139. The van der Waals surface area contributed by atoms with E-state index < -0.39 is 17.5 Å². The first-order valence-corrected chi connectivity index (χ1v) is 10.9. The number of aryl methyl sites for hydroxylation is 2. The van der Waals surface area contributed by atoms with Gasteiger partial charge >= 0.3 is 6.03 Å². The average Bonchev–Trinajstić information content (AvgIpc) is 3.02. The molecule has 2 aliphatic heterocycles. The van der Waals surface area contributed by atoms with Crippen molar-refractivity contribution in [2.45, 2.75) is 39.2 Å². The first-order chi connectivity index (χ1) is 14.8.